The van der Waals surface area contributed by atoms with E-state index in [0.717, 1.165) is 11.3 Å². The lowest BCUT2D eigenvalue weighted by atomic mass is 10.1. The van der Waals surface area contributed by atoms with Crippen LogP contribution >= 0.6 is 0 Å². The summed E-state index contributed by atoms with van der Waals surface area (Å²) >= 11 is 0. The topological polar surface area (TPSA) is 71.1 Å². The lowest BCUT2D eigenvalue weighted by Crippen LogP contribution is -2.26. The van der Waals surface area contributed by atoms with Crippen molar-refractivity contribution >= 4 is 21.5 Å². The number of hydrogen-bond acceptors (Lipinski definition) is 4. The highest BCUT2D eigenvalue weighted by atomic mass is 32.2. The molecule has 124 valence electrons. The summed E-state index contributed by atoms with van der Waals surface area (Å²) in [5, 5.41) is 3.28. The number of nitrogens with zero attached hydrogens (tertiary/aromatic N) is 1. The van der Waals surface area contributed by atoms with E-state index in [1.54, 1.807) is 37.4 Å². The first-order valence-electron chi connectivity index (χ1n) is 7.41. The monoisotopic (exact) mass is 333 g/mol. The molecule has 0 unspecified atom stereocenters. The summed E-state index contributed by atoms with van der Waals surface area (Å²) in [5.74, 6) is 0.296. The molecular formula is C17H23N3O2S. The van der Waals surface area contributed by atoms with Crippen LogP contribution < -0.4 is 10.0 Å². The minimum Gasteiger partial charge on any atom is -0.379 e. The Morgan fingerprint density at radius 3 is 2.26 bits per heavy atom. The Morgan fingerprint density at radius 2 is 1.74 bits per heavy atom. The molecule has 23 heavy (non-hydrogen) atoms. The molecule has 2 aromatic rings. The highest BCUT2D eigenvalue weighted by Crippen LogP contribution is 2.21. The van der Waals surface area contributed by atoms with Crippen molar-refractivity contribution in [1.82, 2.24) is 4.98 Å². The molecule has 0 radical (unpaired) electrons. The summed E-state index contributed by atoms with van der Waals surface area (Å²) in [7, 11) is -3.64. The predicted octanol–water partition coefficient (Wildman–Crippen LogP) is 3.71. The number of aryl methyl sites for hydroxylation is 2. The third kappa shape index (κ3) is 4.69. The van der Waals surface area contributed by atoms with Gasteiger partial charge in [-0.15, -0.1) is 0 Å². The van der Waals surface area contributed by atoms with Crippen LogP contribution in [-0.2, 0) is 10.0 Å². The molecule has 0 saturated carbocycles. The van der Waals surface area contributed by atoms with Crippen molar-refractivity contribution in [2.75, 3.05) is 10.0 Å². The van der Waals surface area contributed by atoms with E-state index in [9.17, 15) is 8.42 Å². The molecule has 1 aromatic heterocycles. The zero-order chi connectivity index (χ0) is 17.3. The number of sulfonamides is 1. The van der Waals surface area contributed by atoms with Crippen molar-refractivity contribution in [3.05, 3.63) is 47.7 Å². The molecule has 0 amide bonds. The van der Waals surface area contributed by atoms with Gasteiger partial charge in [-0.2, -0.15) is 0 Å². The molecule has 1 aromatic carbocycles. The van der Waals surface area contributed by atoms with Gasteiger partial charge in [-0.3, -0.25) is 4.72 Å². The van der Waals surface area contributed by atoms with E-state index in [1.165, 1.54) is 0 Å². The molecule has 0 fully saturated rings. The molecule has 1 heterocycles. The maximum absolute atomic E-state index is 12.5. The molecule has 2 N–H and O–H groups in total. The first-order valence-corrected chi connectivity index (χ1v) is 8.89. The third-order valence-electron chi connectivity index (χ3n) is 3.14. The van der Waals surface area contributed by atoms with Gasteiger partial charge in [0, 0.05) is 5.54 Å². The van der Waals surface area contributed by atoms with Crippen LogP contribution in [0, 0.1) is 13.8 Å². The van der Waals surface area contributed by atoms with Crippen LogP contribution in [0.4, 0.5) is 11.5 Å². The quantitative estimate of drug-likeness (QED) is 0.895. The molecule has 0 spiro atoms. The summed E-state index contributed by atoms with van der Waals surface area (Å²) in [6.45, 7) is 9.85. The van der Waals surface area contributed by atoms with Crippen molar-refractivity contribution in [2.45, 2.75) is 45.1 Å². The van der Waals surface area contributed by atoms with Crippen LogP contribution in [0.1, 0.15) is 31.9 Å². The second-order valence-corrected chi connectivity index (χ2v) is 8.33. The van der Waals surface area contributed by atoms with Crippen LogP contribution in [0.3, 0.4) is 0 Å². The average molecular weight is 333 g/mol. The number of benzene rings is 1. The lowest BCUT2D eigenvalue weighted by molar-refractivity contribution is 0.600. The van der Waals surface area contributed by atoms with Gasteiger partial charge in [-0.1, -0.05) is 17.7 Å². The van der Waals surface area contributed by atoms with Gasteiger partial charge in [0.1, 0.15) is 5.82 Å². The summed E-state index contributed by atoms with van der Waals surface area (Å²) in [4.78, 5) is 4.43. The van der Waals surface area contributed by atoms with E-state index < -0.39 is 10.0 Å². The predicted molar refractivity (Wildman–Crippen MR) is 94.3 cm³/mol. The Bertz CT molecular complexity index is 792. The van der Waals surface area contributed by atoms with E-state index >= 15 is 0 Å². The molecular weight excluding hydrogens is 310 g/mol. The second-order valence-electron chi connectivity index (χ2n) is 6.68. The SMILES string of the molecule is Cc1ccc(S(=O)(=O)Nc2ccc(NC(C)(C)C)cn2)c(C)c1. The van der Waals surface area contributed by atoms with Gasteiger partial charge < -0.3 is 5.32 Å². The van der Waals surface area contributed by atoms with Gasteiger partial charge in [0.05, 0.1) is 16.8 Å². The summed E-state index contributed by atoms with van der Waals surface area (Å²) < 4.78 is 27.5. The second kappa shape index (κ2) is 6.20. The summed E-state index contributed by atoms with van der Waals surface area (Å²) in [6, 6.07) is 8.69. The fourth-order valence-corrected chi connectivity index (χ4v) is 3.49. The fraction of sp³-hybridized carbons (Fsp3) is 0.353. The molecule has 5 nitrogen and oxygen atoms in total. The maximum Gasteiger partial charge on any atom is 0.263 e. The highest BCUT2D eigenvalue weighted by molar-refractivity contribution is 7.92. The summed E-state index contributed by atoms with van der Waals surface area (Å²) in [5.41, 5.74) is 2.49. The number of aromatic nitrogens is 1. The Kier molecular flexibility index (Phi) is 4.66. The molecule has 0 atom stereocenters. The van der Waals surface area contributed by atoms with E-state index in [1.807, 2.05) is 33.8 Å². The summed E-state index contributed by atoms with van der Waals surface area (Å²) in [6.07, 6.45) is 1.62. The number of hydrogen-bond donors (Lipinski definition) is 2. The van der Waals surface area contributed by atoms with Gasteiger partial charge in [-0.25, -0.2) is 13.4 Å². The normalized spacial score (nSPS) is 12.0. The fourth-order valence-electron chi connectivity index (χ4n) is 2.25. The highest BCUT2D eigenvalue weighted by Gasteiger charge is 2.17. The standard InChI is InChI=1S/C17H23N3O2S/c1-12-6-8-15(13(2)10-12)23(21,22)20-16-9-7-14(11-18-16)19-17(3,4)5/h6-11,19H,1-5H3,(H,18,20). The number of pyridine rings is 1. The van der Waals surface area contributed by atoms with E-state index in [4.69, 9.17) is 0 Å². The molecule has 6 heteroatoms. The molecule has 0 aliphatic heterocycles. The van der Waals surface area contributed by atoms with Gasteiger partial charge in [-0.05, 0) is 58.4 Å². The number of anilines is 2. The molecule has 2 rings (SSSR count). The van der Waals surface area contributed by atoms with Crippen LogP contribution in [0.5, 0.6) is 0 Å². The van der Waals surface area contributed by atoms with Crippen molar-refractivity contribution in [3.8, 4) is 0 Å². The van der Waals surface area contributed by atoms with Crippen LogP contribution in [0.25, 0.3) is 0 Å². The largest absolute Gasteiger partial charge is 0.379 e. The number of rotatable bonds is 4. The van der Waals surface area contributed by atoms with Gasteiger partial charge in [0.2, 0.25) is 0 Å². The zero-order valence-electron chi connectivity index (χ0n) is 14.1. The molecule has 0 aliphatic rings. The smallest absolute Gasteiger partial charge is 0.263 e. The Morgan fingerprint density at radius 1 is 1.04 bits per heavy atom. The number of nitrogens with one attached hydrogen (secondary N) is 2. The van der Waals surface area contributed by atoms with Gasteiger partial charge in [0.15, 0.2) is 0 Å². The Balaban J connectivity index is 2.21. The van der Waals surface area contributed by atoms with Crippen molar-refractivity contribution < 1.29 is 8.42 Å². The lowest BCUT2D eigenvalue weighted by Gasteiger charge is -2.21. The van der Waals surface area contributed by atoms with E-state index in [0.29, 0.717) is 11.4 Å². The van der Waals surface area contributed by atoms with Gasteiger partial charge in [0.25, 0.3) is 10.0 Å². The maximum atomic E-state index is 12.5. The van der Waals surface area contributed by atoms with Crippen molar-refractivity contribution in [1.29, 1.82) is 0 Å². The molecule has 0 bridgehead atoms. The molecule has 0 aliphatic carbocycles. The van der Waals surface area contributed by atoms with Crippen LogP contribution in [-0.4, -0.2) is 18.9 Å². The minimum atomic E-state index is -3.64. The van der Waals surface area contributed by atoms with Crippen molar-refractivity contribution in [2.24, 2.45) is 0 Å². The Labute approximate surface area is 138 Å². The first-order chi connectivity index (χ1) is 10.6. The Hall–Kier alpha value is -2.08. The first kappa shape index (κ1) is 17.3. The van der Waals surface area contributed by atoms with E-state index in [-0.39, 0.29) is 10.4 Å². The third-order valence-corrected chi connectivity index (χ3v) is 4.66. The van der Waals surface area contributed by atoms with E-state index in [2.05, 4.69) is 15.0 Å². The van der Waals surface area contributed by atoms with Crippen LogP contribution in [0.15, 0.2) is 41.4 Å². The molecule has 0 saturated heterocycles. The zero-order valence-corrected chi connectivity index (χ0v) is 15.0. The van der Waals surface area contributed by atoms with Crippen LogP contribution in [0.2, 0.25) is 0 Å². The van der Waals surface area contributed by atoms with Crippen molar-refractivity contribution in [3.63, 3.8) is 0 Å². The average Bonchev–Trinajstić information content (AvgIpc) is 2.38. The van der Waals surface area contributed by atoms with Gasteiger partial charge >= 0.3 is 0 Å². The minimum absolute atomic E-state index is 0.0816.